The first-order chi connectivity index (χ1) is 8.06. The quantitative estimate of drug-likeness (QED) is 0.404. The van der Waals surface area contributed by atoms with Gasteiger partial charge < -0.3 is 0 Å². The summed E-state index contributed by atoms with van der Waals surface area (Å²) in [5.41, 5.74) is 1.21. The van der Waals surface area contributed by atoms with Gasteiger partial charge in [0, 0.05) is 5.25 Å². The fraction of sp³-hybridized carbons (Fsp3) is 0.800. The highest BCUT2D eigenvalue weighted by Gasteiger charge is 2.04. The highest BCUT2D eigenvalue weighted by molar-refractivity contribution is 7.99. The van der Waals surface area contributed by atoms with Gasteiger partial charge in [-0.3, -0.25) is 4.79 Å². The van der Waals surface area contributed by atoms with Crippen molar-refractivity contribution in [3.8, 4) is 0 Å². The zero-order chi connectivity index (χ0) is 13.1. The van der Waals surface area contributed by atoms with Crippen LogP contribution >= 0.6 is 11.8 Å². The second-order valence-corrected chi connectivity index (χ2v) is 6.45. The van der Waals surface area contributed by atoms with Gasteiger partial charge in [-0.05, 0) is 38.5 Å². The molecule has 0 aliphatic carbocycles. The molecule has 2 heteroatoms. The van der Waals surface area contributed by atoms with Crippen molar-refractivity contribution in [3.63, 3.8) is 0 Å². The summed E-state index contributed by atoms with van der Waals surface area (Å²) in [5, 5.41) is 0.636. The first-order valence-corrected chi connectivity index (χ1v) is 7.90. The van der Waals surface area contributed by atoms with Crippen LogP contribution in [-0.2, 0) is 4.79 Å². The minimum atomic E-state index is 0.166. The smallest absolute Gasteiger partial charge is 0.152 e. The number of carbonyl (C=O) groups is 1. The number of allylic oxidation sites excluding steroid dienone is 2. The zero-order valence-electron chi connectivity index (χ0n) is 11.9. The molecule has 1 atom stereocenters. The number of unbranched alkanes of at least 4 members (excludes halogenated alkanes) is 4. The van der Waals surface area contributed by atoms with Crippen LogP contribution in [0.1, 0.15) is 66.2 Å². The number of thioether (sulfide) groups is 1. The normalized spacial score (nSPS) is 13.8. The molecule has 0 saturated heterocycles. The van der Waals surface area contributed by atoms with Crippen molar-refractivity contribution >= 4 is 17.5 Å². The Bertz CT molecular complexity index is 233. The molecule has 17 heavy (non-hydrogen) atoms. The summed E-state index contributed by atoms with van der Waals surface area (Å²) in [7, 11) is 0. The van der Waals surface area contributed by atoms with Crippen molar-refractivity contribution in [2.24, 2.45) is 0 Å². The third-order valence-corrected chi connectivity index (χ3v) is 3.97. The Labute approximate surface area is 111 Å². The summed E-state index contributed by atoms with van der Waals surface area (Å²) in [5.74, 6) is 1.43. The lowest BCUT2D eigenvalue weighted by Crippen LogP contribution is -1.99. The molecule has 0 bridgehead atoms. The van der Waals surface area contributed by atoms with E-state index in [2.05, 4.69) is 20.8 Å². The first kappa shape index (κ1) is 16.8. The van der Waals surface area contributed by atoms with Gasteiger partial charge in [0.1, 0.15) is 0 Å². The maximum Gasteiger partial charge on any atom is 0.152 e. The van der Waals surface area contributed by atoms with Crippen molar-refractivity contribution in [2.75, 3.05) is 5.75 Å². The Balaban J connectivity index is 3.52. The monoisotopic (exact) mass is 256 g/mol. The molecule has 0 fully saturated rings. The largest absolute Gasteiger partial charge is 0.295 e. The molecule has 0 aromatic carbocycles. The Morgan fingerprint density at radius 1 is 1.18 bits per heavy atom. The van der Waals surface area contributed by atoms with Gasteiger partial charge in [0.25, 0.3) is 0 Å². The van der Waals surface area contributed by atoms with E-state index in [4.69, 9.17) is 0 Å². The van der Waals surface area contributed by atoms with Gasteiger partial charge in [-0.15, -0.1) is 0 Å². The summed E-state index contributed by atoms with van der Waals surface area (Å²) >= 11 is 2.04. The SMILES string of the molecule is CCCCCCCSC(C)CC(C)=CC(C)=O. The van der Waals surface area contributed by atoms with Crippen LogP contribution in [-0.4, -0.2) is 16.8 Å². The highest BCUT2D eigenvalue weighted by atomic mass is 32.2. The summed E-state index contributed by atoms with van der Waals surface area (Å²) in [6.07, 6.45) is 9.59. The van der Waals surface area contributed by atoms with Gasteiger partial charge in [-0.2, -0.15) is 11.8 Å². The van der Waals surface area contributed by atoms with E-state index < -0.39 is 0 Å². The summed E-state index contributed by atoms with van der Waals surface area (Å²) in [6, 6.07) is 0. The van der Waals surface area contributed by atoms with Gasteiger partial charge in [-0.1, -0.05) is 45.1 Å². The van der Waals surface area contributed by atoms with Crippen LogP contribution in [0, 0.1) is 0 Å². The Morgan fingerprint density at radius 2 is 1.82 bits per heavy atom. The van der Waals surface area contributed by atoms with Crippen LogP contribution in [0.4, 0.5) is 0 Å². The van der Waals surface area contributed by atoms with Crippen molar-refractivity contribution in [3.05, 3.63) is 11.6 Å². The van der Waals surface area contributed by atoms with Gasteiger partial charge in [-0.25, -0.2) is 0 Å². The van der Waals surface area contributed by atoms with Crippen LogP contribution in [0.3, 0.4) is 0 Å². The lowest BCUT2D eigenvalue weighted by Gasteiger charge is -2.11. The molecule has 1 unspecified atom stereocenters. The second-order valence-electron chi connectivity index (χ2n) is 4.90. The van der Waals surface area contributed by atoms with Crippen LogP contribution in [0.5, 0.6) is 0 Å². The van der Waals surface area contributed by atoms with Gasteiger partial charge in [0.15, 0.2) is 5.78 Å². The van der Waals surface area contributed by atoms with Crippen molar-refractivity contribution in [2.45, 2.75) is 71.5 Å². The number of hydrogen-bond donors (Lipinski definition) is 0. The fourth-order valence-electron chi connectivity index (χ4n) is 1.91. The molecule has 0 spiro atoms. The van der Waals surface area contributed by atoms with Crippen molar-refractivity contribution in [1.29, 1.82) is 0 Å². The predicted molar refractivity (Wildman–Crippen MR) is 79.7 cm³/mol. The van der Waals surface area contributed by atoms with Gasteiger partial charge in [0.05, 0.1) is 0 Å². The number of rotatable bonds is 10. The van der Waals surface area contributed by atoms with E-state index in [1.165, 1.54) is 43.4 Å². The van der Waals surface area contributed by atoms with Crippen LogP contribution in [0.2, 0.25) is 0 Å². The van der Waals surface area contributed by atoms with Crippen molar-refractivity contribution < 1.29 is 4.79 Å². The zero-order valence-corrected chi connectivity index (χ0v) is 12.7. The standard InChI is InChI=1S/C15H28OS/c1-5-6-7-8-9-10-17-15(4)12-13(2)11-14(3)16/h11,15H,5-10,12H2,1-4H3. The Kier molecular flexibility index (Phi) is 10.7. The lowest BCUT2D eigenvalue weighted by molar-refractivity contribution is -0.112. The molecule has 0 rings (SSSR count). The third kappa shape index (κ3) is 12.0. The van der Waals surface area contributed by atoms with Crippen LogP contribution < -0.4 is 0 Å². The summed E-state index contributed by atoms with van der Waals surface area (Å²) < 4.78 is 0. The molecule has 0 aromatic rings. The van der Waals surface area contributed by atoms with Gasteiger partial charge in [0.2, 0.25) is 0 Å². The Hall–Kier alpha value is -0.240. The molecule has 100 valence electrons. The molecule has 0 N–H and O–H groups in total. The molecule has 0 radical (unpaired) electrons. The summed E-state index contributed by atoms with van der Waals surface area (Å²) in [6.45, 7) is 8.18. The first-order valence-electron chi connectivity index (χ1n) is 6.85. The van der Waals surface area contributed by atoms with E-state index in [0.717, 1.165) is 6.42 Å². The highest BCUT2D eigenvalue weighted by Crippen LogP contribution is 2.20. The van der Waals surface area contributed by atoms with Crippen LogP contribution in [0.25, 0.3) is 0 Å². The minimum absolute atomic E-state index is 0.166. The third-order valence-electron chi connectivity index (χ3n) is 2.71. The second kappa shape index (κ2) is 10.9. The minimum Gasteiger partial charge on any atom is -0.295 e. The molecule has 0 heterocycles. The number of hydrogen-bond acceptors (Lipinski definition) is 2. The molecule has 0 aromatic heterocycles. The molecule has 0 amide bonds. The fourth-order valence-corrected chi connectivity index (χ4v) is 3.06. The van der Waals surface area contributed by atoms with E-state index >= 15 is 0 Å². The van der Waals surface area contributed by atoms with Crippen LogP contribution in [0.15, 0.2) is 11.6 Å². The average molecular weight is 256 g/mol. The van der Waals surface area contributed by atoms with E-state index in [9.17, 15) is 4.79 Å². The molecule has 0 aliphatic heterocycles. The maximum absolute atomic E-state index is 10.9. The van der Waals surface area contributed by atoms with E-state index in [1.54, 1.807) is 13.0 Å². The summed E-state index contributed by atoms with van der Waals surface area (Å²) in [4.78, 5) is 10.9. The maximum atomic E-state index is 10.9. The Morgan fingerprint density at radius 3 is 2.41 bits per heavy atom. The van der Waals surface area contributed by atoms with E-state index in [1.807, 2.05) is 11.8 Å². The van der Waals surface area contributed by atoms with E-state index in [0.29, 0.717) is 5.25 Å². The van der Waals surface area contributed by atoms with Crippen molar-refractivity contribution in [1.82, 2.24) is 0 Å². The topological polar surface area (TPSA) is 17.1 Å². The number of carbonyl (C=O) groups excluding carboxylic acids is 1. The number of ketones is 1. The molecular weight excluding hydrogens is 228 g/mol. The molecule has 0 aliphatic rings. The molecular formula is C15H28OS. The molecule has 0 saturated carbocycles. The lowest BCUT2D eigenvalue weighted by atomic mass is 10.1. The predicted octanol–water partition coefficient (Wildman–Crippen LogP) is 5.00. The molecule has 1 nitrogen and oxygen atoms in total. The van der Waals surface area contributed by atoms with E-state index in [-0.39, 0.29) is 5.78 Å². The average Bonchev–Trinajstić information content (AvgIpc) is 2.21. The van der Waals surface area contributed by atoms with Gasteiger partial charge >= 0.3 is 0 Å².